The molecule has 2 saturated carbocycles. The monoisotopic (exact) mass is 252 g/mol. The third kappa shape index (κ3) is 2.32. The summed E-state index contributed by atoms with van der Waals surface area (Å²) in [7, 11) is 0. The molecule has 0 aromatic heterocycles. The second-order valence-electron chi connectivity index (χ2n) is 6.18. The van der Waals surface area contributed by atoms with Crippen LogP contribution in [-0.4, -0.2) is 11.8 Å². The van der Waals surface area contributed by atoms with Gasteiger partial charge in [-0.3, -0.25) is 0 Å². The smallest absolute Gasteiger partial charge is 0.207 e. The maximum Gasteiger partial charge on any atom is 0.248 e. The van der Waals surface area contributed by atoms with Gasteiger partial charge in [0.05, 0.1) is 0 Å². The zero-order chi connectivity index (χ0) is 12.9. The molecule has 0 saturated heterocycles. The van der Waals surface area contributed by atoms with Crippen molar-refractivity contribution in [2.45, 2.75) is 64.2 Å². The Morgan fingerprint density at radius 2 is 1.29 bits per heavy atom. The summed E-state index contributed by atoms with van der Waals surface area (Å²) in [6, 6.07) is 0. The van der Waals surface area contributed by atoms with Gasteiger partial charge in [0.25, 0.3) is 0 Å². The Hall–Kier alpha value is -0.280. The average molecular weight is 252 g/mol. The highest BCUT2D eigenvalue weighted by Crippen LogP contribution is 2.62. The van der Waals surface area contributed by atoms with E-state index in [4.69, 9.17) is 0 Å². The molecule has 2 aliphatic rings. The second-order valence-corrected chi connectivity index (χ2v) is 6.18. The minimum absolute atomic E-state index is 0.0708. The Kier molecular flexibility index (Phi) is 2.98. The van der Waals surface area contributed by atoms with Crippen molar-refractivity contribution in [3.8, 4) is 0 Å². The van der Waals surface area contributed by atoms with Crippen LogP contribution in [0.25, 0.3) is 0 Å². The van der Waals surface area contributed by atoms with Crippen LogP contribution in [0.5, 0.6) is 0 Å². The third-order valence-electron chi connectivity index (χ3n) is 4.83. The lowest BCUT2D eigenvalue weighted by Gasteiger charge is -2.55. The first-order valence-corrected chi connectivity index (χ1v) is 6.44. The molecule has 0 nitrogen and oxygen atoms in total. The van der Waals surface area contributed by atoms with E-state index < -0.39 is 11.8 Å². The molecule has 0 radical (unpaired) electrons. The molecule has 0 bridgehead atoms. The van der Waals surface area contributed by atoms with Crippen LogP contribution >= 0.6 is 0 Å². The van der Waals surface area contributed by atoms with Gasteiger partial charge in [-0.05, 0) is 23.7 Å². The first-order valence-electron chi connectivity index (χ1n) is 6.44. The summed E-state index contributed by atoms with van der Waals surface area (Å²) in [5.74, 6) is -5.24. The third-order valence-corrected chi connectivity index (χ3v) is 4.83. The van der Waals surface area contributed by atoms with Gasteiger partial charge >= 0.3 is 0 Å². The molecule has 0 spiro atoms. The standard InChI is InChI=1S/C13H20F4/c1-3-4-11(2,9-5-12(14,15)6-9)10-7-13(16,17)8-10/h9-10H,3-8H2,1-2H3. The summed E-state index contributed by atoms with van der Waals surface area (Å²) in [6.45, 7) is 3.93. The molecule has 2 fully saturated rings. The van der Waals surface area contributed by atoms with Gasteiger partial charge in [-0.2, -0.15) is 0 Å². The van der Waals surface area contributed by atoms with E-state index in [2.05, 4.69) is 0 Å². The molecule has 2 aliphatic carbocycles. The van der Waals surface area contributed by atoms with Crippen LogP contribution in [-0.2, 0) is 0 Å². The molecule has 0 aromatic carbocycles. The highest BCUT2D eigenvalue weighted by Gasteiger charge is 2.60. The van der Waals surface area contributed by atoms with E-state index in [9.17, 15) is 17.6 Å². The van der Waals surface area contributed by atoms with Crippen LogP contribution in [0.4, 0.5) is 17.6 Å². The van der Waals surface area contributed by atoms with Gasteiger partial charge in [-0.15, -0.1) is 0 Å². The van der Waals surface area contributed by atoms with Crippen molar-refractivity contribution < 1.29 is 17.6 Å². The summed E-state index contributed by atoms with van der Waals surface area (Å²) < 4.78 is 51.8. The maximum absolute atomic E-state index is 12.9. The molecule has 0 unspecified atom stereocenters. The Bertz CT molecular complexity index is 258. The van der Waals surface area contributed by atoms with Crippen LogP contribution in [0.1, 0.15) is 52.4 Å². The number of halogens is 4. The summed E-state index contributed by atoms with van der Waals surface area (Å²) in [6.07, 6.45) is 1.24. The lowest BCUT2D eigenvalue weighted by Crippen LogP contribution is -2.53. The largest absolute Gasteiger partial charge is 0.248 e. The molecule has 0 aromatic rings. The van der Waals surface area contributed by atoms with Crippen LogP contribution in [0.15, 0.2) is 0 Å². The van der Waals surface area contributed by atoms with Gasteiger partial charge in [0.1, 0.15) is 0 Å². The van der Waals surface area contributed by atoms with E-state index in [0.717, 1.165) is 12.8 Å². The molecule has 4 heteroatoms. The van der Waals surface area contributed by atoms with Gasteiger partial charge in [0, 0.05) is 25.7 Å². The van der Waals surface area contributed by atoms with Crippen LogP contribution in [0.2, 0.25) is 0 Å². The van der Waals surface area contributed by atoms with Gasteiger partial charge in [-0.1, -0.05) is 20.3 Å². The highest BCUT2D eigenvalue weighted by atomic mass is 19.3. The molecule has 0 heterocycles. The van der Waals surface area contributed by atoms with Crippen molar-refractivity contribution >= 4 is 0 Å². The Balaban J connectivity index is 2.01. The zero-order valence-corrected chi connectivity index (χ0v) is 10.4. The van der Waals surface area contributed by atoms with E-state index in [1.165, 1.54) is 0 Å². The molecule has 0 atom stereocenters. The Morgan fingerprint density at radius 3 is 1.53 bits per heavy atom. The fourth-order valence-corrected chi connectivity index (χ4v) is 3.54. The predicted molar refractivity (Wildman–Crippen MR) is 58.4 cm³/mol. The first-order chi connectivity index (χ1) is 7.69. The van der Waals surface area contributed by atoms with Crippen molar-refractivity contribution in [2.24, 2.45) is 17.3 Å². The minimum Gasteiger partial charge on any atom is -0.207 e. The fraction of sp³-hybridized carbons (Fsp3) is 1.00. The normalized spacial score (nSPS) is 28.6. The van der Waals surface area contributed by atoms with Crippen molar-refractivity contribution in [3.05, 3.63) is 0 Å². The second kappa shape index (κ2) is 3.86. The summed E-state index contributed by atoms with van der Waals surface area (Å²) in [5, 5.41) is 0. The number of hydrogen-bond acceptors (Lipinski definition) is 0. The van der Waals surface area contributed by atoms with Crippen molar-refractivity contribution in [2.75, 3.05) is 0 Å². The lowest BCUT2D eigenvalue weighted by molar-refractivity contribution is -0.203. The number of alkyl halides is 4. The number of hydrogen-bond donors (Lipinski definition) is 0. The number of rotatable bonds is 4. The van der Waals surface area contributed by atoms with Crippen LogP contribution < -0.4 is 0 Å². The fourth-order valence-electron chi connectivity index (χ4n) is 3.54. The quantitative estimate of drug-likeness (QED) is 0.625. The zero-order valence-electron chi connectivity index (χ0n) is 10.4. The topological polar surface area (TPSA) is 0 Å². The van der Waals surface area contributed by atoms with Crippen molar-refractivity contribution in [1.29, 1.82) is 0 Å². The van der Waals surface area contributed by atoms with Gasteiger partial charge in [0.15, 0.2) is 0 Å². The van der Waals surface area contributed by atoms with Gasteiger partial charge in [-0.25, -0.2) is 17.6 Å². The molecule has 17 heavy (non-hydrogen) atoms. The minimum atomic E-state index is -2.55. The maximum atomic E-state index is 12.9. The van der Waals surface area contributed by atoms with Crippen molar-refractivity contribution in [3.63, 3.8) is 0 Å². The van der Waals surface area contributed by atoms with E-state index in [-0.39, 0.29) is 42.9 Å². The molecular weight excluding hydrogens is 232 g/mol. The SMILES string of the molecule is CCCC(C)(C1CC(F)(F)C1)C1CC(F)(F)C1. The summed E-state index contributed by atoms with van der Waals surface area (Å²) in [4.78, 5) is 0. The molecular formula is C13H20F4. The molecule has 0 aliphatic heterocycles. The van der Waals surface area contributed by atoms with Crippen LogP contribution in [0, 0.1) is 17.3 Å². The molecule has 0 amide bonds. The summed E-state index contributed by atoms with van der Waals surface area (Å²) in [5.41, 5.74) is -0.307. The van der Waals surface area contributed by atoms with E-state index in [1.54, 1.807) is 0 Å². The highest BCUT2D eigenvalue weighted by molar-refractivity contribution is 5.04. The predicted octanol–water partition coefficient (Wildman–Crippen LogP) is 4.88. The van der Waals surface area contributed by atoms with Gasteiger partial charge < -0.3 is 0 Å². The Labute approximate surface area is 99.8 Å². The molecule has 2 rings (SSSR count). The van der Waals surface area contributed by atoms with E-state index >= 15 is 0 Å². The molecule has 0 N–H and O–H groups in total. The van der Waals surface area contributed by atoms with Gasteiger partial charge in [0.2, 0.25) is 11.8 Å². The first kappa shape index (κ1) is 13.2. The van der Waals surface area contributed by atoms with E-state index in [1.807, 2.05) is 13.8 Å². The molecule has 100 valence electrons. The Morgan fingerprint density at radius 1 is 0.941 bits per heavy atom. The average Bonchev–Trinajstić information content (AvgIpc) is 2.10. The lowest BCUT2D eigenvalue weighted by atomic mass is 9.52. The summed E-state index contributed by atoms with van der Waals surface area (Å²) >= 11 is 0. The van der Waals surface area contributed by atoms with Crippen LogP contribution in [0.3, 0.4) is 0 Å². The van der Waals surface area contributed by atoms with Crippen molar-refractivity contribution in [1.82, 2.24) is 0 Å². The van der Waals surface area contributed by atoms with E-state index in [0.29, 0.717) is 0 Å².